The number of rotatable bonds is 10. The molecule has 0 aliphatic rings. The summed E-state index contributed by atoms with van der Waals surface area (Å²) >= 11 is 10.1. The van der Waals surface area contributed by atoms with E-state index in [1.807, 2.05) is 89.6 Å². The van der Waals surface area contributed by atoms with E-state index in [1.54, 1.807) is 6.07 Å². The summed E-state index contributed by atoms with van der Waals surface area (Å²) in [5.41, 5.74) is 6.14. The summed E-state index contributed by atoms with van der Waals surface area (Å²) in [6, 6.07) is 33.5. The minimum Gasteiger partial charge on any atom is -0.488 e. The molecule has 5 nitrogen and oxygen atoms in total. The van der Waals surface area contributed by atoms with E-state index in [9.17, 15) is 9.90 Å². The van der Waals surface area contributed by atoms with Gasteiger partial charge in [-0.15, -0.1) is 0 Å². The van der Waals surface area contributed by atoms with Gasteiger partial charge in [0.25, 0.3) is 0 Å². The molecule has 0 fully saturated rings. The molecule has 4 aromatic carbocycles. The third kappa shape index (κ3) is 6.59. The Kier molecular flexibility index (Phi) is 8.45. The number of benzene rings is 4. The van der Waals surface area contributed by atoms with Gasteiger partial charge in [-0.3, -0.25) is 9.48 Å². The number of hydrogen-bond donors (Lipinski definition) is 1. The number of aromatic nitrogens is 2. The second-order valence-corrected chi connectivity index (χ2v) is 10.5. The van der Waals surface area contributed by atoms with Crippen molar-refractivity contribution in [3.63, 3.8) is 0 Å². The van der Waals surface area contributed by atoms with Crippen LogP contribution in [-0.2, 0) is 24.4 Å². The number of ether oxygens (including phenoxy) is 1. The number of hydrogen-bond acceptors (Lipinski definition) is 3. The minimum absolute atomic E-state index is 0.0359. The molecule has 1 aromatic heterocycles. The van der Waals surface area contributed by atoms with Gasteiger partial charge in [0.1, 0.15) is 12.4 Å². The molecule has 5 aromatic rings. The number of nitrogens with zero attached hydrogens (tertiary/aromatic N) is 2. The first-order chi connectivity index (χ1) is 19.0. The minimum atomic E-state index is -0.872. The van der Waals surface area contributed by atoms with Crippen molar-refractivity contribution in [3.8, 4) is 28.3 Å². The number of carbonyl (C=O) groups is 1. The number of carboxylic acid groups (broad SMARTS) is 1. The Labute approximate surface area is 240 Å². The smallest absolute Gasteiger partial charge is 0.303 e. The van der Waals surface area contributed by atoms with Crippen LogP contribution in [0.2, 0.25) is 5.02 Å². The lowest BCUT2D eigenvalue weighted by molar-refractivity contribution is -0.136. The summed E-state index contributed by atoms with van der Waals surface area (Å²) in [6.45, 7) is 0.896. The molecule has 0 bridgehead atoms. The Hall–Kier alpha value is -3.87. The Bertz CT molecular complexity index is 1590. The maximum atomic E-state index is 11.7. The van der Waals surface area contributed by atoms with Gasteiger partial charge in [-0.1, -0.05) is 100 Å². The molecule has 7 heteroatoms. The molecule has 0 amide bonds. The molecule has 0 saturated heterocycles. The van der Waals surface area contributed by atoms with Crippen molar-refractivity contribution < 1.29 is 14.6 Å². The molecule has 0 unspecified atom stereocenters. The Morgan fingerprint density at radius 1 is 0.897 bits per heavy atom. The first-order valence-electron chi connectivity index (χ1n) is 12.6. The fourth-order valence-electron chi connectivity index (χ4n) is 4.56. The summed E-state index contributed by atoms with van der Waals surface area (Å²) in [5, 5.41) is 15.2. The van der Waals surface area contributed by atoms with E-state index >= 15 is 0 Å². The molecule has 39 heavy (non-hydrogen) atoms. The topological polar surface area (TPSA) is 64.3 Å². The van der Waals surface area contributed by atoms with Gasteiger partial charge in [0.15, 0.2) is 0 Å². The zero-order chi connectivity index (χ0) is 27.2. The summed E-state index contributed by atoms with van der Waals surface area (Å²) in [6.07, 6.45) is 0.262. The largest absolute Gasteiger partial charge is 0.488 e. The molecule has 196 valence electrons. The number of halogens is 2. The maximum Gasteiger partial charge on any atom is 0.303 e. The fraction of sp³-hybridized carbons (Fsp3) is 0.125. The zero-order valence-corrected chi connectivity index (χ0v) is 23.4. The van der Waals surface area contributed by atoms with Crippen molar-refractivity contribution in [3.05, 3.63) is 129 Å². The molecule has 1 N–H and O–H groups in total. The lowest BCUT2D eigenvalue weighted by Crippen LogP contribution is -2.05. The number of carboxylic acids is 1. The quantitative estimate of drug-likeness (QED) is 0.175. The summed E-state index contributed by atoms with van der Waals surface area (Å²) in [7, 11) is 0. The van der Waals surface area contributed by atoms with Gasteiger partial charge >= 0.3 is 5.97 Å². The van der Waals surface area contributed by atoms with Crippen LogP contribution < -0.4 is 4.74 Å². The Balaban J connectivity index is 1.68. The van der Waals surface area contributed by atoms with Gasteiger partial charge < -0.3 is 9.84 Å². The van der Waals surface area contributed by atoms with Gasteiger partial charge in [-0.25, -0.2) is 0 Å². The molecule has 0 aliphatic carbocycles. The molecule has 5 rings (SSSR count). The van der Waals surface area contributed by atoms with Crippen molar-refractivity contribution in [2.24, 2.45) is 0 Å². The molecule has 0 radical (unpaired) electrons. The van der Waals surface area contributed by atoms with Gasteiger partial charge in [0, 0.05) is 32.6 Å². The summed E-state index contributed by atoms with van der Waals surface area (Å²) in [5.74, 6) is -0.242. The van der Waals surface area contributed by atoms with Gasteiger partial charge in [0.05, 0.1) is 17.9 Å². The van der Waals surface area contributed by atoms with E-state index in [0.29, 0.717) is 36.0 Å². The molecule has 0 saturated carbocycles. The normalized spacial score (nSPS) is 10.9. The highest BCUT2D eigenvalue weighted by Gasteiger charge is 2.24. The monoisotopic (exact) mass is 600 g/mol. The second-order valence-electron chi connectivity index (χ2n) is 9.14. The van der Waals surface area contributed by atoms with Crippen LogP contribution in [0, 0.1) is 0 Å². The van der Waals surface area contributed by atoms with Gasteiger partial charge in [0.2, 0.25) is 0 Å². The predicted molar refractivity (Wildman–Crippen MR) is 158 cm³/mol. The average Bonchev–Trinajstić information content (AvgIpc) is 3.30. The van der Waals surface area contributed by atoms with Gasteiger partial charge in [-0.05, 0) is 47.9 Å². The Morgan fingerprint density at radius 2 is 1.62 bits per heavy atom. The van der Waals surface area contributed by atoms with Crippen molar-refractivity contribution in [1.82, 2.24) is 9.78 Å². The van der Waals surface area contributed by atoms with Crippen LogP contribution in [0.15, 0.2) is 108 Å². The van der Waals surface area contributed by atoms with Crippen molar-refractivity contribution in [2.45, 2.75) is 26.0 Å². The van der Waals surface area contributed by atoms with Crippen LogP contribution in [0.4, 0.5) is 0 Å². The Morgan fingerprint density at radius 3 is 2.31 bits per heavy atom. The standard InChI is InChI=1S/C32H26BrClN2O3/c33-25-13-7-12-24(18-25)32-27(15-17-30(37)38)31(35-36(32)20-22-8-3-1-4-9-22)28-19-26(34)14-16-29(28)39-21-23-10-5-2-6-11-23/h1-14,16,18-19H,15,17,20-21H2,(H,37,38). The van der Waals surface area contributed by atoms with Crippen LogP contribution in [-0.4, -0.2) is 20.9 Å². The lowest BCUT2D eigenvalue weighted by Gasteiger charge is -2.13. The fourth-order valence-corrected chi connectivity index (χ4v) is 5.13. The average molecular weight is 602 g/mol. The second kappa shape index (κ2) is 12.3. The van der Waals surface area contributed by atoms with E-state index < -0.39 is 5.97 Å². The zero-order valence-electron chi connectivity index (χ0n) is 21.1. The lowest BCUT2D eigenvalue weighted by atomic mass is 9.97. The van der Waals surface area contributed by atoms with Crippen LogP contribution in [0.25, 0.3) is 22.5 Å². The predicted octanol–water partition coefficient (Wildman–Crippen LogP) is 8.28. The first kappa shape index (κ1) is 26.7. The highest BCUT2D eigenvalue weighted by atomic mass is 79.9. The molecular formula is C32H26BrClN2O3. The molecule has 0 spiro atoms. The van der Waals surface area contributed by atoms with Crippen LogP contribution in [0.1, 0.15) is 23.1 Å². The highest BCUT2D eigenvalue weighted by Crippen LogP contribution is 2.40. The first-order valence-corrected chi connectivity index (χ1v) is 13.7. The summed E-state index contributed by atoms with van der Waals surface area (Å²) in [4.78, 5) is 11.7. The van der Waals surface area contributed by atoms with Crippen molar-refractivity contribution >= 4 is 33.5 Å². The third-order valence-electron chi connectivity index (χ3n) is 6.35. The molecule has 0 aliphatic heterocycles. The van der Waals surface area contributed by atoms with Gasteiger partial charge in [-0.2, -0.15) is 5.10 Å². The van der Waals surface area contributed by atoms with E-state index in [4.69, 9.17) is 21.4 Å². The third-order valence-corrected chi connectivity index (χ3v) is 7.07. The highest BCUT2D eigenvalue weighted by molar-refractivity contribution is 9.10. The van der Waals surface area contributed by atoms with Crippen LogP contribution >= 0.6 is 27.5 Å². The SMILES string of the molecule is O=C(O)CCc1c(-c2cc(Cl)ccc2OCc2ccccc2)nn(Cc2ccccc2)c1-c1cccc(Br)c1. The maximum absolute atomic E-state index is 11.7. The van der Waals surface area contributed by atoms with Crippen molar-refractivity contribution in [1.29, 1.82) is 0 Å². The van der Waals surface area contributed by atoms with Crippen LogP contribution in [0.5, 0.6) is 5.75 Å². The van der Waals surface area contributed by atoms with E-state index in [2.05, 4.69) is 28.1 Å². The number of aliphatic carboxylic acids is 1. The summed E-state index contributed by atoms with van der Waals surface area (Å²) < 4.78 is 9.15. The van der Waals surface area contributed by atoms with E-state index in [-0.39, 0.29) is 6.42 Å². The van der Waals surface area contributed by atoms with E-state index in [1.165, 1.54) is 0 Å². The molecule has 0 atom stereocenters. The molecule has 1 heterocycles. The van der Waals surface area contributed by atoms with Crippen LogP contribution in [0.3, 0.4) is 0 Å². The van der Waals surface area contributed by atoms with E-state index in [0.717, 1.165) is 38.0 Å². The molecular weight excluding hydrogens is 576 g/mol. The van der Waals surface area contributed by atoms with Crippen molar-refractivity contribution in [2.75, 3.05) is 0 Å².